The number of rotatable bonds is 39. The summed E-state index contributed by atoms with van der Waals surface area (Å²) in [6.45, 7) is 1.45. The van der Waals surface area contributed by atoms with Crippen molar-refractivity contribution in [1.82, 2.24) is 0 Å². The number of ether oxygens (including phenoxy) is 2. The first-order valence-corrected chi connectivity index (χ1v) is 27.1. The average Bonchev–Trinajstić information content (AvgIpc) is 3.19. The van der Waals surface area contributed by atoms with E-state index in [2.05, 4.69) is 16.0 Å². The fraction of sp³-hybridized carbons (Fsp3) is 0.949. The molecular weight excluding hydrogens is 879 g/mol. The van der Waals surface area contributed by atoms with E-state index >= 15 is 0 Å². The maximum atomic E-state index is 13.1. The summed E-state index contributed by atoms with van der Waals surface area (Å²) < 4.78 is 65.3. The second kappa shape index (κ2) is 33.6. The van der Waals surface area contributed by atoms with E-state index in [-0.39, 0.29) is 12.8 Å². The quantitative estimate of drug-likeness (QED) is 0.0190. The van der Waals surface area contributed by atoms with Gasteiger partial charge in [-0.3, -0.25) is 27.7 Å². The molecule has 1 aliphatic carbocycles. The number of aliphatic hydroxyl groups is 3. The van der Waals surface area contributed by atoms with E-state index in [0.29, 0.717) is 12.8 Å². The van der Waals surface area contributed by atoms with Crippen molar-refractivity contribution >= 4 is 35.4 Å². The van der Waals surface area contributed by atoms with Gasteiger partial charge in [0.25, 0.3) is 0 Å². The van der Waals surface area contributed by atoms with Crippen LogP contribution in [0.15, 0.2) is 0 Å². The molecule has 0 saturated heterocycles. The minimum atomic E-state index is -5.60. The van der Waals surface area contributed by atoms with Gasteiger partial charge in [0, 0.05) is 12.8 Å². The Hall–Kier alpha value is -0.890. The van der Waals surface area contributed by atoms with Gasteiger partial charge < -0.3 is 55.0 Å². The first kappa shape index (κ1) is 59.1. The van der Waals surface area contributed by atoms with Crippen molar-refractivity contribution in [3.63, 3.8) is 0 Å². The third kappa shape index (κ3) is 29.6. The summed E-state index contributed by atoms with van der Waals surface area (Å²) >= 11 is 0. The van der Waals surface area contributed by atoms with Crippen LogP contribution >= 0.6 is 23.5 Å². The molecule has 8 atom stereocenters. The first-order chi connectivity index (χ1) is 29.3. The highest BCUT2D eigenvalue weighted by Crippen LogP contribution is 2.51. The van der Waals surface area contributed by atoms with Crippen LogP contribution in [0.2, 0.25) is 0 Å². The number of hydrogen-bond acceptors (Lipinski definition) is 15. The lowest BCUT2D eigenvalue weighted by molar-refractivity contribution is -0.213. The Labute approximate surface area is 367 Å². The number of hydrogen-bond donors (Lipinski definition) is 9. The highest BCUT2D eigenvalue weighted by Gasteiger charge is 2.56. The Morgan fingerprint density at radius 2 is 0.871 bits per heavy atom. The van der Waals surface area contributed by atoms with E-state index < -0.39 is 91.3 Å². The predicted molar refractivity (Wildman–Crippen MR) is 228 cm³/mol. The highest BCUT2D eigenvalue weighted by atomic mass is 31.2. The van der Waals surface area contributed by atoms with E-state index in [4.69, 9.17) is 24.3 Å². The Bertz CT molecular complexity index is 1340. The van der Waals surface area contributed by atoms with Gasteiger partial charge in [-0.05, 0) is 25.8 Å². The van der Waals surface area contributed by atoms with Crippen LogP contribution < -0.4 is 5.73 Å². The summed E-state index contributed by atoms with van der Waals surface area (Å²) in [6, 6.07) is 0. The second-order valence-corrected chi connectivity index (χ2v) is 19.9. The van der Waals surface area contributed by atoms with Crippen LogP contribution in [0, 0.1) is 0 Å². The van der Waals surface area contributed by atoms with Gasteiger partial charge in [-0.15, -0.1) is 0 Å². The molecule has 0 aliphatic heterocycles. The van der Waals surface area contributed by atoms with Crippen molar-refractivity contribution in [2.45, 2.75) is 217 Å². The fourth-order valence-electron chi connectivity index (χ4n) is 7.13. The van der Waals surface area contributed by atoms with Crippen molar-refractivity contribution in [2.24, 2.45) is 5.73 Å². The minimum absolute atomic E-state index is 0.000926. The molecule has 0 aromatic carbocycles. The van der Waals surface area contributed by atoms with Crippen LogP contribution in [0.5, 0.6) is 0 Å². The zero-order valence-electron chi connectivity index (χ0n) is 36.5. The van der Waals surface area contributed by atoms with E-state index in [1.165, 1.54) is 64.2 Å². The third-order valence-corrected chi connectivity index (χ3v) is 12.5. The number of phosphoric acid groups is 3. The van der Waals surface area contributed by atoms with E-state index in [1.807, 2.05) is 0 Å². The topological polar surface area (TPSA) is 329 Å². The summed E-state index contributed by atoms with van der Waals surface area (Å²) in [6.07, 6.45) is 9.43. The molecule has 0 aromatic rings. The van der Waals surface area contributed by atoms with Crippen LogP contribution in [-0.2, 0) is 50.9 Å². The van der Waals surface area contributed by atoms with Gasteiger partial charge in [-0.1, -0.05) is 142 Å². The summed E-state index contributed by atoms with van der Waals surface area (Å²) in [7, 11) is -16.6. The van der Waals surface area contributed by atoms with E-state index in [9.17, 15) is 63.1 Å². The molecule has 0 spiro atoms. The Kier molecular flexibility index (Phi) is 32.0. The maximum Gasteiger partial charge on any atom is 0.472 e. The fourth-order valence-corrected chi connectivity index (χ4v) is 9.22. The largest absolute Gasteiger partial charge is 0.472 e. The molecule has 4 unspecified atom stereocenters. The standard InChI is InChI=1S/C39H78NO19P3/c1-2-3-4-5-6-7-8-9-11-15-18-21-24-27-33(42)56-31(29-54-32(41)26-23-20-17-14-12-10-13-16-19-22-25-28-40)30-55-62(52,53)59-37-34(43)35(44)38(57-60(46,47)48)39(36(37)45)58-61(49,50)51/h31,34-39,43-45H,2-30,40H2,1H3,(H,52,53)(H2,46,47,48)(H2,49,50,51)/t31-,34?,35+,36-,37?,38?,39-/m1/s1. The number of carbonyl (C=O) groups is 2. The maximum absolute atomic E-state index is 13.1. The molecule has 0 amide bonds. The molecule has 0 aromatic heterocycles. The number of nitrogens with two attached hydrogens (primary N) is 1. The molecule has 1 rings (SSSR count). The molecule has 0 radical (unpaired) electrons. The Morgan fingerprint density at radius 1 is 0.500 bits per heavy atom. The van der Waals surface area contributed by atoms with Crippen LogP contribution in [0.4, 0.5) is 0 Å². The lowest BCUT2D eigenvalue weighted by Crippen LogP contribution is -2.65. The molecule has 1 aliphatic rings. The van der Waals surface area contributed by atoms with Gasteiger partial charge in [-0.2, -0.15) is 0 Å². The van der Waals surface area contributed by atoms with Gasteiger partial charge in [-0.25, -0.2) is 13.7 Å². The summed E-state index contributed by atoms with van der Waals surface area (Å²) in [4.78, 5) is 73.0. The summed E-state index contributed by atoms with van der Waals surface area (Å²) in [5.74, 6) is -1.30. The number of aliphatic hydroxyl groups excluding tert-OH is 3. The number of carbonyl (C=O) groups excluding carboxylic acids is 2. The summed E-state index contributed by atoms with van der Waals surface area (Å²) in [5, 5.41) is 31.8. The molecule has 0 heterocycles. The van der Waals surface area contributed by atoms with Crippen LogP contribution in [0.25, 0.3) is 0 Å². The number of unbranched alkanes of at least 4 members (excludes halogenated alkanes) is 22. The minimum Gasteiger partial charge on any atom is -0.462 e. The molecule has 1 fully saturated rings. The summed E-state index contributed by atoms with van der Waals surface area (Å²) in [5.41, 5.74) is 5.53. The monoisotopic (exact) mass is 957 g/mol. The van der Waals surface area contributed by atoms with Crippen LogP contribution in [-0.4, -0.2) is 114 Å². The van der Waals surface area contributed by atoms with Crippen molar-refractivity contribution < 1.29 is 90.6 Å². The van der Waals surface area contributed by atoms with E-state index in [1.54, 1.807) is 0 Å². The smallest absolute Gasteiger partial charge is 0.462 e. The first-order valence-electron chi connectivity index (χ1n) is 22.5. The predicted octanol–water partition coefficient (Wildman–Crippen LogP) is 6.12. The van der Waals surface area contributed by atoms with Crippen molar-refractivity contribution in [1.29, 1.82) is 0 Å². The Morgan fingerprint density at radius 3 is 1.29 bits per heavy atom. The molecule has 0 bridgehead atoms. The number of phosphoric ester groups is 3. The van der Waals surface area contributed by atoms with Crippen molar-refractivity contribution in [2.75, 3.05) is 19.8 Å². The van der Waals surface area contributed by atoms with Crippen molar-refractivity contribution in [3.8, 4) is 0 Å². The zero-order valence-corrected chi connectivity index (χ0v) is 39.2. The van der Waals surface area contributed by atoms with Gasteiger partial charge in [0.1, 0.15) is 43.2 Å². The SMILES string of the molecule is CCCCCCCCCCCCCCCC(=O)O[C@H](COC(=O)CCCCCCCCCCCCCN)COP(=O)(O)OC1C(O)[C@H](O)C(OP(=O)(O)O)[C@H](OP(=O)(O)O)[C@@H]1O. The van der Waals surface area contributed by atoms with Gasteiger partial charge in [0.15, 0.2) is 6.10 Å². The van der Waals surface area contributed by atoms with Crippen LogP contribution in [0.3, 0.4) is 0 Å². The highest BCUT2D eigenvalue weighted by molar-refractivity contribution is 7.47. The van der Waals surface area contributed by atoms with E-state index in [0.717, 1.165) is 83.6 Å². The number of esters is 2. The molecule has 62 heavy (non-hydrogen) atoms. The lowest BCUT2D eigenvalue weighted by Gasteiger charge is -2.44. The van der Waals surface area contributed by atoms with Gasteiger partial charge in [0.2, 0.25) is 0 Å². The average molecular weight is 958 g/mol. The van der Waals surface area contributed by atoms with Crippen LogP contribution in [0.1, 0.15) is 174 Å². The van der Waals surface area contributed by atoms with Gasteiger partial charge >= 0.3 is 35.4 Å². The molecule has 20 nitrogen and oxygen atoms in total. The Balaban J connectivity index is 2.76. The molecule has 1 saturated carbocycles. The normalized spacial score (nSPS) is 22.3. The molecule has 368 valence electrons. The molecular formula is C39H78NO19P3. The lowest BCUT2D eigenvalue weighted by atomic mass is 9.85. The van der Waals surface area contributed by atoms with Crippen molar-refractivity contribution in [3.05, 3.63) is 0 Å². The third-order valence-electron chi connectivity index (χ3n) is 10.5. The molecule has 10 N–H and O–H groups in total. The van der Waals surface area contributed by atoms with Gasteiger partial charge in [0.05, 0.1) is 6.61 Å². The molecule has 23 heteroatoms. The zero-order chi connectivity index (χ0) is 46.4. The second-order valence-electron chi connectivity index (χ2n) is 16.1.